The van der Waals surface area contributed by atoms with E-state index in [0.717, 1.165) is 34.6 Å². The average molecular weight is 240 g/mol. The summed E-state index contributed by atoms with van der Waals surface area (Å²) in [7, 11) is 1.62. The van der Waals surface area contributed by atoms with Gasteiger partial charge in [0, 0.05) is 5.39 Å². The number of furan rings is 1. The van der Waals surface area contributed by atoms with Crippen molar-refractivity contribution in [1.82, 2.24) is 0 Å². The maximum absolute atomic E-state index is 6.29. The van der Waals surface area contributed by atoms with Crippen molar-refractivity contribution in [2.75, 3.05) is 13.7 Å². The number of halogens is 1. The van der Waals surface area contributed by atoms with Crippen LogP contribution >= 0.6 is 11.6 Å². The molecule has 0 unspecified atom stereocenters. The molecule has 0 amide bonds. The lowest BCUT2D eigenvalue weighted by molar-refractivity contribution is 0.409. The molecule has 0 saturated carbocycles. The van der Waals surface area contributed by atoms with Gasteiger partial charge in [0.2, 0.25) is 0 Å². The normalized spacial score (nSPS) is 10.9. The number of aryl methyl sites for hydroxylation is 1. The molecule has 0 fully saturated rings. The summed E-state index contributed by atoms with van der Waals surface area (Å²) in [5.41, 5.74) is 7.25. The zero-order chi connectivity index (χ0) is 11.5. The summed E-state index contributed by atoms with van der Waals surface area (Å²) in [5.74, 6) is 0.719. The number of fused-ring (bicyclic) bond motifs is 1. The fraction of sp³-hybridized carbons (Fsp3) is 0.333. The number of nitrogens with two attached hydrogens (primary N) is 1. The van der Waals surface area contributed by atoms with Gasteiger partial charge in [0.15, 0.2) is 11.3 Å². The van der Waals surface area contributed by atoms with Crippen molar-refractivity contribution in [2.45, 2.75) is 12.8 Å². The van der Waals surface area contributed by atoms with Crippen molar-refractivity contribution in [1.29, 1.82) is 0 Å². The zero-order valence-corrected chi connectivity index (χ0v) is 9.88. The Balaban J connectivity index is 2.52. The molecule has 3 nitrogen and oxygen atoms in total. The first-order chi connectivity index (χ1) is 7.77. The summed E-state index contributed by atoms with van der Waals surface area (Å²) in [6, 6.07) is 3.77. The summed E-state index contributed by atoms with van der Waals surface area (Å²) >= 11 is 6.29. The van der Waals surface area contributed by atoms with E-state index < -0.39 is 0 Å². The highest BCUT2D eigenvalue weighted by molar-refractivity contribution is 6.36. The molecule has 1 heterocycles. The molecule has 0 saturated heterocycles. The van der Waals surface area contributed by atoms with E-state index in [1.165, 1.54) is 0 Å². The Morgan fingerprint density at radius 1 is 1.50 bits per heavy atom. The molecule has 0 aliphatic heterocycles. The average Bonchev–Trinajstić information content (AvgIpc) is 2.78. The van der Waals surface area contributed by atoms with Crippen LogP contribution in [0.5, 0.6) is 5.75 Å². The molecule has 0 bridgehead atoms. The van der Waals surface area contributed by atoms with E-state index in [4.69, 9.17) is 26.5 Å². The Bertz CT molecular complexity index is 493. The quantitative estimate of drug-likeness (QED) is 0.892. The second-order valence-electron chi connectivity index (χ2n) is 3.61. The summed E-state index contributed by atoms with van der Waals surface area (Å²) in [6.45, 7) is 0.655. The van der Waals surface area contributed by atoms with Crippen LogP contribution in [-0.2, 0) is 6.42 Å². The minimum atomic E-state index is 0.655. The lowest BCUT2D eigenvalue weighted by Gasteiger charge is -2.08. The summed E-state index contributed by atoms with van der Waals surface area (Å²) in [5, 5.41) is 1.63. The fourth-order valence-corrected chi connectivity index (χ4v) is 2.06. The number of rotatable bonds is 4. The summed E-state index contributed by atoms with van der Waals surface area (Å²) in [4.78, 5) is 0. The van der Waals surface area contributed by atoms with E-state index in [9.17, 15) is 0 Å². The van der Waals surface area contributed by atoms with Gasteiger partial charge in [-0.15, -0.1) is 0 Å². The Kier molecular flexibility index (Phi) is 3.36. The van der Waals surface area contributed by atoms with Gasteiger partial charge < -0.3 is 14.9 Å². The lowest BCUT2D eigenvalue weighted by atomic mass is 10.1. The maximum Gasteiger partial charge on any atom is 0.177 e. The third kappa shape index (κ3) is 1.88. The highest BCUT2D eigenvalue weighted by Crippen LogP contribution is 2.35. The van der Waals surface area contributed by atoms with Gasteiger partial charge in [-0.2, -0.15) is 0 Å². The van der Waals surface area contributed by atoms with Crippen LogP contribution in [-0.4, -0.2) is 13.7 Å². The van der Waals surface area contributed by atoms with Gasteiger partial charge in [0.05, 0.1) is 18.4 Å². The Morgan fingerprint density at radius 2 is 2.31 bits per heavy atom. The second-order valence-corrected chi connectivity index (χ2v) is 3.99. The molecule has 86 valence electrons. The number of hydrogen-bond acceptors (Lipinski definition) is 3. The number of ether oxygens (including phenoxy) is 1. The Morgan fingerprint density at radius 3 is 3.00 bits per heavy atom. The number of methoxy groups -OCH3 is 1. The Labute approximate surface area is 99.1 Å². The Hall–Kier alpha value is -1.19. The van der Waals surface area contributed by atoms with Crippen LogP contribution in [0.2, 0.25) is 5.02 Å². The van der Waals surface area contributed by atoms with Gasteiger partial charge in [0.25, 0.3) is 0 Å². The predicted molar refractivity (Wildman–Crippen MR) is 65.2 cm³/mol. The van der Waals surface area contributed by atoms with E-state index >= 15 is 0 Å². The van der Waals surface area contributed by atoms with Gasteiger partial charge in [-0.25, -0.2) is 0 Å². The van der Waals surface area contributed by atoms with Crippen LogP contribution in [0.1, 0.15) is 12.0 Å². The smallest absolute Gasteiger partial charge is 0.177 e. The van der Waals surface area contributed by atoms with Gasteiger partial charge in [-0.1, -0.05) is 11.6 Å². The van der Waals surface area contributed by atoms with Gasteiger partial charge in [0.1, 0.15) is 0 Å². The topological polar surface area (TPSA) is 48.4 Å². The first-order valence-corrected chi connectivity index (χ1v) is 5.58. The van der Waals surface area contributed by atoms with Crippen LogP contribution in [0.4, 0.5) is 0 Å². The molecule has 4 heteroatoms. The summed E-state index contributed by atoms with van der Waals surface area (Å²) < 4.78 is 10.6. The molecule has 0 spiro atoms. The monoisotopic (exact) mass is 239 g/mol. The molecule has 2 aromatic rings. The second kappa shape index (κ2) is 4.76. The van der Waals surface area contributed by atoms with E-state index in [1.54, 1.807) is 13.4 Å². The minimum absolute atomic E-state index is 0.655. The van der Waals surface area contributed by atoms with Crippen molar-refractivity contribution in [3.05, 3.63) is 29.0 Å². The molecule has 1 aromatic carbocycles. The van der Waals surface area contributed by atoms with Gasteiger partial charge >= 0.3 is 0 Å². The third-order valence-electron chi connectivity index (χ3n) is 2.58. The SMILES string of the molecule is COc1cc(CCCN)c(Cl)c2ccoc12. The summed E-state index contributed by atoms with van der Waals surface area (Å²) in [6.07, 6.45) is 3.38. The van der Waals surface area contributed by atoms with E-state index in [-0.39, 0.29) is 0 Å². The molecular weight excluding hydrogens is 226 g/mol. The molecule has 1 aromatic heterocycles. The molecule has 0 aliphatic rings. The molecule has 2 rings (SSSR count). The first-order valence-electron chi connectivity index (χ1n) is 5.20. The molecular formula is C12H14ClNO2. The van der Waals surface area contributed by atoms with E-state index in [1.807, 2.05) is 12.1 Å². The van der Waals surface area contributed by atoms with Crippen molar-refractivity contribution in [3.63, 3.8) is 0 Å². The standard InChI is InChI=1S/C12H14ClNO2/c1-15-10-7-8(3-2-5-14)11(13)9-4-6-16-12(9)10/h4,6-7H,2-3,5,14H2,1H3. The van der Waals surface area contributed by atoms with Crippen molar-refractivity contribution >= 4 is 22.6 Å². The predicted octanol–water partition coefficient (Wildman–Crippen LogP) is 2.99. The minimum Gasteiger partial charge on any atom is -0.493 e. The third-order valence-corrected chi connectivity index (χ3v) is 3.03. The largest absolute Gasteiger partial charge is 0.493 e. The highest BCUT2D eigenvalue weighted by atomic mass is 35.5. The molecule has 0 radical (unpaired) electrons. The molecule has 0 aliphatic carbocycles. The van der Waals surface area contributed by atoms with Gasteiger partial charge in [-0.05, 0) is 37.1 Å². The van der Waals surface area contributed by atoms with Crippen molar-refractivity contribution in [2.24, 2.45) is 5.73 Å². The maximum atomic E-state index is 6.29. The van der Waals surface area contributed by atoms with Crippen molar-refractivity contribution < 1.29 is 9.15 Å². The zero-order valence-electron chi connectivity index (χ0n) is 9.13. The van der Waals surface area contributed by atoms with Crippen LogP contribution in [0.25, 0.3) is 11.0 Å². The lowest BCUT2D eigenvalue weighted by Crippen LogP contribution is -2.01. The molecule has 16 heavy (non-hydrogen) atoms. The van der Waals surface area contributed by atoms with Crippen LogP contribution in [0, 0.1) is 0 Å². The van der Waals surface area contributed by atoms with Crippen molar-refractivity contribution in [3.8, 4) is 5.75 Å². The van der Waals surface area contributed by atoms with Crippen LogP contribution < -0.4 is 10.5 Å². The van der Waals surface area contributed by atoms with Crippen LogP contribution in [0.15, 0.2) is 22.8 Å². The fourth-order valence-electron chi connectivity index (χ4n) is 1.76. The number of benzene rings is 1. The van der Waals surface area contributed by atoms with E-state index in [2.05, 4.69) is 0 Å². The molecule has 2 N–H and O–H groups in total. The van der Waals surface area contributed by atoms with Gasteiger partial charge in [-0.3, -0.25) is 0 Å². The highest BCUT2D eigenvalue weighted by Gasteiger charge is 2.13. The number of hydrogen-bond donors (Lipinski definition) is 1. The first kappa shape index (κ1) is 11.3. The van der Waals surface area contributed by atoms with Crippen LogP contribution in [0.3, 0.4) is 0 Å². The molecule has 0 atom stereocenters. The van der Waals surface area contributed by atoms with E-state index in [0.29, 0.717) is 12.1 Å².